The van der Waals surface area contributed by atoms with Gasteiger partial charge in [-0.05, 0) is 50.6 Å². The number of nitrogens with two attached hydrogens (primary N) is 1. The molecule has 5 heterocycles. The molecule has 3 aromatic heterocycles. The minimum absolute atomic E-state index is 0.105. The molecule has 0 aliphatic carbocycles. The molecule has 2 fully saturated rings. The van der Waals surface area contributed by atoms with Gasteiger partial charge in [0.05, 0.1) is 11.9 Å². The van der Waals surface area contributed by atoms with Crippen molar-refractivity contribution in [2.45, 2.75) is 38.4 Å². The highest BCUT2D eigenvalue weighted by atomic mass is 16.3. The Morgan fingerprint density at radius 2 is 2.00 bits per heavy atom. The first kappa shape index (κ1) is 20.7. The van der Waals surface area contributed by atoms with Gasteiger partial charge in [0.15, 0.2) is 17.2 Å². The average Bonchev–Trinajstić information content (AvgIpc) is 3.63. The molecule has 0 spiro atoms. The third-order valence-electron chi connectivity index (χ3n) is 6.97. The molecule has 1 amide bonds. The van der Waals surface area contributed by atoms with Crippen LogP contribution < -0.4 is 16.0 Å². The lowest BCUT2D eigenvalue weighted by Gasteiger charge is -2.37. The van der Waals surface area contributed by atoms with Crippen LogP contribution in [0.2, 0.25) is 0 Å². The summed E-state index contributed by atoms with van der Waals surface area (Å²) in [6.07, 6.45) is 8.04. The van der Waals surface area contributed by atoms with Gasteiger partial charge in [-0.3, -0.25) is 14.1 Å². The number of primary amides is 1. The molecule has 2 atom stereocenters. The Kier molecular flexibility index (Phi) is 4.80. The van der Waals surface area contributed by atoms with E-state index >= 15 is 0 Å². The number of aromatic nitrogens is 3. The highest BCUT2D eigenvalue weighted by Gasteiger charge is 2.43. The van der Waals surface area contributed by atoms with E-state index in [-0.39, 0.29) is 5.76 Å². The lowest BCUT2D eigenvalue weighted by molar-refractivity contribution is 0.0974. The quantitative estimate of drug-likeness (QED) is 0.457. The van der Waals surface area contributed by atoms with Crippen LogP contribution in [0.15, 0.2) is 59.6 Å². The summed E-state index contributed by atoms with van der Waals surface area (Å²) in [6.45, 7) is 6.82. The number of hydrogen-bond donors (Lipinski definition) is 2. The summed E-state index contributed by atoms with van der Waals surface area (Å²) in [6, 6.07) is 12.0. The van der Waals surface area contributed by atoms with Crippen LogP contribution >= 0.6 is 0 Å². The Bertz CT molecular complexity index is 1360. The van der Waals surface area contributed by atoms with E-state index in [4.69, 9.17) is 10.2 Å². The number of anilines is 3. The standard InChI is InChI=1S/C25H27N7O2/c1-15(2)31-12-20-10-19(31)13-32(20)18-5-3-17(4-6-18)29-24-25-27-7-8-30(25)21(11-28-24)16-9-22(23(26)33)34-14-16/h3-9,11,14-15,19-20H,10,12-13H2,1-2H3,(H2,26,33)(H,28,29). The molecule has 3 N–H and O–H groups in total. The molecule has 6 rings (SSSR count). The summed E-state index contributed by atoms with van der Waals surface area (Å²) in [5, 5.41) is 3.39. The fraction of sp³-hybridized carbons (Fsp3) is 0.320. The molecular weight excluding hydrogens is 430 g/mol. The smallest absolute Gasteiger partial charge is 0.284 e. The normalized spacial score (nSPS) is 20.0. The maximum atomic E-state index is 11.4. The third-order valence-corrected chi connectivity index (χ3v) is 6.97. The number of amides is 1. The lowest BCUT2D eigenvalue weighted by Crippen LogP contribution is -2.48. The number of nitrogens with one attached hydrogen (secondary N) is 1. The molecule has 0 saturated carbocycles. The fourth-order valence-corrected chi connectivity index (χ4v) is 5.34. The van der Waals surface area contributed by atoms with Crippen molar-refractivity contribution >= 4 is 28.7 Å². The molecule has 2 bridgehead atoms. The van der Waals surface area contributed by atoms with E-state index in [1.807, 2.05) is 10.6 Å². The highest BCUT2D eigenvalue weighted by molar-refractivity contribution is 5.91. The van der Waals surface area contributed by atoms with Crippen LogP contribution in [0.5, 0.6) is 0 Å². The first-order chi connectivity index (χ1) is 16.5. The summed E-state index contributed by atoms with van der Waals surface area (Å²) in [4.78, 5) is 25.6. The first-order valence-electron chi connectivity index (χ1n) is 11.6. The van der Waals surface area contributed by atoms with Gasteiger partial charge in [-0.15, -0.1) is 0 Å². The van der Waals surface area contributed by atoms with Gasteiger partial charge in [-0.25, -0.2) is 9.97 Å². The van der Waals surface area contributed by atoms with Crippen molar-refractivity contribution in [3.05, 3.63) is 60.9 Å². The van der Waals surface area contributed by atoms with Gasteiger partial charge in [-0.2, -0.15) is 0 Å². The number of likely N-dealkylation sites (tertiary alicyclic amines) is 1. The van der Waals surface area contributed by atoms with Crippen LogP contribution in [0.3, 0.4) is 0 Å². The van der Waals surface area contributed by atoms with Gasteiger partial charge >= 0.3 is 0 Å². The molecule has 2 saturated heterocycles. The van der Waals surface area contributed by atoms with Crippen molar-refractivity contribution in [1.29, 1.82) is 0 Å². The Hall–Kier alpha value is -3.85. The average molecular weight is 458 g/mol. The number of imidazole rings is 1. The van der Waals surface area contributed by atoms with Crippen LogP contribution in [-0.4, -0.2) is 56.4 Å². The van der Waals surface area contributed by atoms with Crippen molar-refractivity contribution < 1.29 is 9.21 Å². The summed E-state index contributed by atoms with van der Waals surface area (Å²) >= 11 is 0. The number of piperazine rings is 1. The number of furan rings is 1. The van der Waals surface area contributed by atoms with Crippen LogP contribution in [0, 0.1) is 0 Å². The van der Waals surface area contributed by atoms with E-state index < -0.39 is 5.91 Å². The Labute approximate surface area is 197 Å². The number of rotatable bonds is 6. The lowest BCUT2D eigenvalue weighted by atomic mass is 10.2. The predicted octanol–water partition coefficient (Wildman–Crippen LogP) is 3.50. The van der Waals surface area contributed by atoms with Gasteiger partial charge in [0.1, 0.15) is 6.26 Å². The Morgan fingerprint density at radius 1 is 1.18 bits per heavy atom. The molecule has 2 aliphatic rings. The number of fused-ring (bicyclic) bond motifs is 3. The second-order valence-electron chi connectivity index (χ2n) is 9.33. The van der Waals surface area contributed by atoms with E-state index in [1.165, 1.54) is 18.4 Å². The van der Waals surface area contributed by atoms with Crippen LogP contribution in [0.25, 0.3) is 16.9 Å². The molecule has 2 unspecified atom stereocenters. The van der Waals surface area contributed by atoms with Crippen molar-refractivity contribution in [1.82, 2.24) is 19.3 Å². The van der Waals surface area contributed by atoms with E-state index in [2.05, 4.69) is 63.2 Å². The number of carbonyl (C=O) groups excluding carboxylic acids is 1. The second-order valence-corrected chi connectivity index (χ2v) is 9.33. The fourth-order valence-electron chi connectivity index (χ4n) is 5.34. The van der Waals surface area contributed by atoms with E-state index in [0.29, 0.717) is 35.2 Å². The van der Waals surface area contributed by atoms with Gasteiger partial charge in [0.25, 0.3) is 5.91 Å². The highest BCUT2D eigenvalue weighted by Crippen LogP contribution is 2.36. The van der Waals surface area contributed by atoms with E-state index in [1.54, 1.807) is 18.5 Å². The number of carbonyl (C=O) groups is 1. The van der Waals surface area contributed by atoms with Gasteiger partial charge in [0, 0.05) is 60.5 Å². The molecule has 9 nitrogen and oxygen atoms in total. The molecular formula is C25H27N7O2. The van der Waals surface area contributed by atoms with Crippen molar-refractivity contribution in [2.24, 2.45) is 5.73 Å². The minimum Gasteiger partial charge on any atom is -0.458 e. The van der Waals surface area contributed by atoms with Gasteiger partial charge < -0.3 is 20.4 Å². The van der Waals surface area contributed by atoms with Crippen molar-refractivity contribution in [3.8, 4) is 11.3 Å². The molecule has 4 aromatic rings. The maximum Gasteiger partial charge on any atom is 0.284 e. The van der Waals surface area contributed by atoms with Crippen LogP contribution in [-0.2, 0) is 0 Å². The van der Waals surface area contributed by atoms with Crippen molar-refractivity contribution in [2.75, 3.05) is 23.3 Å². The maximum absolute atomic E-state index is 11.4. The minimum atomic E-state index is -0.609. The van der Waals surface area contributed by atoms with Crippen LogP contribution in [0.1, 0.15) is 30.8 Å². The zero-order valence-corrected chi connectivity index (χ0v) is 19.2. The summed E-state index contributed by atoms with van der Waals surface area (Å²) < 4.78 is 7.17. The summed E-state index contributed by atoms with van der Waals surface area (Å²) in [7, 11) is 0. The number of benzene rings is 1. The first-order valence-corrected chi connectivity index (χ1v) is 11.6. The number of hydrogen-bond acceptors (Lipinski definition) is 7. The predicted molar refractivity (Wildman–Crippen MR) is 130 cm³/mol. The largest absolute Gasteiger partial charge is 0.458 e. The topological polar surface area (TPSA) is 105 Å². The monoisotopic (exact) mass is 457 g/mol. The van der Waals surface area contributed by atoms with Crippen LogP contribution in [0.4, 0.5) is 17.2 Å². The molecule has 34 heavy (non-hydrogen) atoms. The zero-order chi connectivity index (χ0) is 23.4. The third kappa shape index (κ3) is 3.40. The van der Waals surface area contributed by atoms with Crippen molar-refractivity contribution in [3.63, 3.8) is 0 Å². The van der Waals surface area contributed by atoms with Gasteiger partial charge in [-0.1, -0.05) is 0 Å². The van der Waals surface area contributed by atoms with E-state index in [0.717, 1.165) is 24.5 Å². The Morgan fingerprint density at radius 3 is 2.68 bits per heavy atom. The SMILES string of the molecule is CC(C)N1CC2CC1CN2c1ccc(Nc2ncc(-c3coc(C(N)=O)c3)n3ccnc23)cc1. The van der Waals surface area contributed by atoms with Gasteiger partial charge in [0.2, 0.25) is 0 Å². The number of nitrogens with zero attached hydrogens (tertiary/aromatic N) is 5. The van der Waals surface area contributed by atoms with E-state index in [9.17, 15) is 4.79 Å². The second kappa shape index (κ2) is 7.88. The zero-order valence-electron chi connectivity index (χ0n) is 19.2. The molecule has 174 valence electrons. The molecule has 0 radical (unpaired) electrons. The molecule has 2 aliphatic heterocycles. The molecule has 1 aromatic carbocycles. The summed E-state index contributed by atoms with van der Waals surface area (Å²) in [5.41, 5.74) is 9.66. The summed E-state index contributed by atoms with van der Waals surface area (Å²) in [5.74, 6) is 0.142. The Balaban J connectivity index is 1.21. The molecule has 9 heteroatoms.